The Morgan fingerprint density at radius 2 is 1.08 bits per heavy atom. The summed E-state index contributed by atoms with van der Waals surface area (Å²) in [6.07, 6.45) is 20.1. The van der Waals surface area contributed by atoms with Crippen LogP contribution in [0.5, 0.6) is 0 Å². The Bertz CT molecular complexity index is 307. The van der Waals surface area contributed by atoms with Crippen LogP contribution in [0.15, 0.2) is 0 Å². The molecular weight excluding hydrogens is 322 g/mol. The highest BCUT2D eigenvalue weighted by molar-refractivity contribution is 5.84. The molecule has 2 atom stereocenters. The van der Waals surface area contributed by atoms with E-state index in [0.717, 1.165) is 12.8 Å². The van der Waals surface area contributed by atoms with Gasteiger partial charge < -0.3 is 5.11 Å². The average Bonchev–Trinajstić information content (AvgIpc) is 2.57. The molecule has 1 N–H and O–H groups in total. The van der Waals surface area contributed by atoms with E-state index in [1.54, 1.807) is 6.92 Å². The van der Waals surface area contributed by atoms with Gasteiger partial charge in [0.05, 0.1) is 12.1 Å². The second kappa shape index (κ2) is 18.0. The van der Waals surface area contributed by atoms with Crippen molar-refractivity contribution in [2.24, 2.45) is 0 Å². The van der Waals surface area contributed by atoms with E-state index >= 15 is 0 Å². The standard InChI is InChI=1S/C23H47NO2/c1-5-6-7-8-9-10-11-12-13-14-15-16-17-18-19-20-22(26)23(21(2)25)24(3)4/h21,23,25H,5-20H2,1-4H3. The Morgan fingerprint density at radius 3 is 1.38 bits per heavy atom. The minimum Gasteiger partial charge on any atom is -0.391 e. The highest BCUT2D eigenvalue weighted by Crippen LogP contribution is 2.14. The molecule has 156 valence electrons. The Kier molecular flexibility index (Phi) is 17.7. The van der Waals surface area contributed by atoms with Crippen molar-refractivity contribution in [2.45, 2.75) is 129 Å². The zero-order chi connectivity index (χ0) is 19.6. The van der Waals surface area contributed by atoms with E-state index < -0.39 is 6.10 Å². The van der Waals surface area contributed by atoms with Gasteiger partial charge >= 0.3 is 0 Å². The summed E-state index contributed by atoms with van der Waals surface area (Å²) in [5, 5.41) is 9.72. The molecule has 0 fully saturated rings. The van der Waals surface area contributed by atoms with Crippen LogP contribution in [0.25, 0.3) is 0 Å². The summed E-state index contributed by atoms with van der Waals surface area (Å²) in [4.78, 5) is 14.0. The van der Waals surface area contributed by atoms with E-state index in [2.05, 4.69) is 6.92 Å². The molecule has 0 aromatic rings. The smallest absolute Gasteiger partial charge is 0.152 e. The molecule has 0 amide bonds. The molecule has 0 saturated carbocycles. The first kappa shape index (κ1) is 25.6. The van der Waals surface area contributed by atoms with Crippen LogP contribution in [0.1, 0.15) is 117 Å². The van der Waals surface area contributed by atoms with Crippen molar-refractivity contribution in [1.29, 1.82) is 0 Å². The van der Waals surface area contributed by atoms with Crippen molar-refractivity contribution in [3.63, 3.8) is 0 Å². The minimum atomic E-state index is -0.589. The molecule has 2 unspecified atom stereocenters. The Balaban J connectivity index is 3.35. The Morgan fingerprint density at radius 1 is 0.731 bits per heavy atom. The number of ketones is 1. The molecule has 0 aromatic carbocycles. The number of carbonyl (C=O) groups is 1. The van der Waals surface area contributed by atoms with Crippen LogP contribution in [-0.4, -0.2) is 42.0 Å². The number of unbranched alkanes of at least 4 members (excludes halogenated alkanes) is 14. The quantitative estimate of drug-likeness (QED) is 0.278. The van der Waals surface area contributed by atoms with E-state index in [-0.39, 0.29) is 11.8 Å². The zero-order valence-electron chi connectivity index (χ0n) is 18.3. The summed E-state index contributed by atoms with van der Waals surface area (Å²) >= 11 is 0. The molecule has 0 rings (SSSR count). The van der Waals surface area contributed by atoms with Gasteiger partial charge in [0.2, 0.25) is 0 Å². The maximum absolute atomic E-state index is 12.2. The molecular formula is C23H47NO2. The first-order valence-electron chi connectivity index (χ1n) is 11.4. The molecule has 0 saturated heterocycles. The third-order valence-corrected chi connectivity index (χ3v) is 5.37. The van der Waals surface area contributed by atoms with Crippen LogP contribution < -0.4 is 0 Å². The van der Waals surface area contributed by atoms with Crippen LogP contribution in [0, 0.1) is 0 Å². The molecule has 0 aliphatic carbocycles. The summed E-state index contributed by atoms with van der Waals surface area (Å²) in [7, 11) is 3.73. The predicted molar refractivity (Wildman–Crippen MR) is 114 cm³/mol. The van der Waals surface area contributed by atoms with Crippen molar-refractivity contribution in [3.05, 3.63) is 0 Å². The fraction of sp³-hybridized carbons (Fsp3) is 0.957. The number of aliphatic hydroxyl groups is 1. The monoisotopic (exact) mass is 369 g/mol. The lowest BCUT2D eigenvalue weighted by molar-refractivity contribution is -0.126. The van der Waals surface area contributed by atoms with E-state index in [9.17, 15) is 9.90 Å². The number of carbonyl (C=O) groups excluding carboxylic acids is 1. The highest BCUT2D eigenvalue weighted by atomic mass is 16.3. The molecule has 0 bridgehead atoms. The summed E-state index contributed by atoms with van der Waals surface area (Å²) in [6, 6.07) is -0.346. The normalized spacial score (nSPS) is 13.9. The average molecular weight is 370 g/mol. The summed E-state index contributed by atoms with van der Waals surface area (Å²) in [5.41, 5.74) is 0. The summed E-state index contributed by atoms with van der Waals surface area (Å²) in [5.74, 6) is 0.180. The second-order valence-electron chi connectivity index (χ2n) is 8.32. The van der Waals surface area contributed by atoms with Crippen molar-refractivity contribution in [3.8, 4) is 0 Å². The number of likely N-dealkylation sites (N-methyl/N-ethyl adjacent to an activating group) is 1. The molecule has 0 spiro atoms. The number of aliphatic hydroxyl groups excluding tert-OH is 1. The molecule has 26 heavy (non-hydrogen) atoms. The fourth-order valence-corrected chi connectivity index (χ4v) is 3.81. The van der Waals surface area contributed by atoms with Crippen LogP contribution in [0.3, 0.4) is 0 Å². The van der Waals surface area contributed by atoms with Gasteiger partial charge in [-0.2, -0.15) is 0 Å². The van der Waals surface area contributed by atoms with Crippen molar-refractivity contribution >= 4 is 5.78 Å². The van der Waals surface area contributed by atoms with Crippen LogP contribution >= 0.6 is 0 Å². The van der Waals surface area contributed by atoms with E-state index in [4.69, 9.17) is 0 Å². The molecule has 3 heteroatoms. The van der Waals surface area contributed by atoms with Crippen molar-refractivity contribution in [2.75, 3.05) is 14.1 Å². The van der Waals surface area contributed by atoms with Gasteiger partial charge in [-0.3, -0.25) is 9.69 Å². The molecule has 0 radical (unpaired) electrons. The summed E-state index contributed by atoms with van der Waals surface area (Å²) in [6.45, 7) is 3.98. The third kappa shape index (κ3) is 14.7. The molecule has 0 aliphatic heterocycles. The third-order valence-electron chi connectivity index (χ3n) is 5.37. The van der Waals surface area contributed by atoms with Gasteiger partial charge in [-0.1, -0.05) is 96.8 Å². The largest absolute Gasteiger partial charge is 0.391 e. The molecule has 3 nitrogen and oxygen atoms in total. The lowest BCUT2D eigenvalue weighted by Gasteiger charge is -2.25. The minimum absolute atomic E-state index is 0.180. The first-order chi connectivity index (χ1) is 12.5. The van der Waals surface area contributed by atoms with Crippen molar-refractivity contribution < 1.29 is 9.90 Å². The Hall–Kier alpha value is -0.410. The van der Waals surface area contributed by atoms with Crippen LogP contribution in [-0.2, 0) is 4.79 Å². The molecule has 0 aromatic heterocycles. The van der Waals surface area contributed by atoms with E-state index in [0.29, 0.717) is 6.42 Å². The van der Waals surface area contributed by atoms with Gasteiger partial charge in [0.15, 0.2) is 5.78 Å². The van der Waals surface area contributed by atoms with Crippen LogP contribution in [0.2, 0.25) is 0 Å². The number of Topliss-reactive ketones (excluding diaryl/α,β-unsaturated/α-hetero) is 1. The fourth-order valence-electron chi connectivity index (χ4n) is 3.81. The van der Waals surface area contributed by atoms with E-state index in [1.807, 2.05) is 19.0 Å². The maximum atomic E-state index is 12.2. The van der Waals surface area contributed by atoms with Gasteiger partial charge in [-0.05, 0) is 27.4 Å². The van der Waals surface area contributed by atoms with Gasteiger partial charge in [-0.15, -0.1) is 0 Å². The number of hydrogen-bond donors (Lipinski definition) is 1. The number of rotatable bonds is 19. The molecule has 0 heterocycles. The van der Waals surface area contributed by atoms with Crippen molar-refractivity contribution in [1.82, 2.24) is 4.90 Å². The first-order valence-corrected chi connectivity index (χ1v) is 11.4. The maximum Gasteiger partial charge on any atom is 0.152 e. The lowest BCUT2D eigenvalue weighted by Crippen LogP contribution is -2.43. The second-order valence-corrected chi connectivity index (χ2v) is 8.32. The number of nitrogens with zero attached hydrogens (tertiary/aromatic N) is 1. The zero-order valence-corrected chi connectivity index (χ0v) is 18.3. The van der Waals surface area contributed by atoms with Gasteiger partial charge in [0.25, 0.3) is 0 Å². The van der Waals surface area contributed by atoms with Gasteiger partial charge in [-0.25, -0.2) is 0 Å². The lowest BCUT2D eigenvalue weighted by atomic mass is 10.00. The Labute approximate surface area is 163 Å². The van der Waals surface area contributed by atoms with E-state index in [1.165, 1.54) is 83.5 Å². The molecule has 0 aliphatic rings. The predicted octanol–water partition coefficient (Wildman–Crippen LogP) is 6.13. The topological polar surface area (TPSA) is 40.5 Å². The van der Waals surface area contributed by atoms with Gasteiger partial charge in [0, 0.05) is 6.42 Å². The number of hydrogen-bond acceptors (Lipinski definition) is 3. The highest BCUT2D eigenvalue weighted by Gasteiger charge is 2.24. The SMILES string of the molecule is CCCCCCCCCCCCCCCCCC(=O)C(C(C)O)N(C)C. The van der Waals surface area contributed by atoms with Crippen LogP contribution in [0.4, 0.5) is 0 Å². The summed E-state index contributed by atoms with van der Waals surface area (Å²) < 4.78 is 0. The van der Waals surface area contributed by atoms with Gasteiger partial charge in [0.1, 0.15) is 0 Å².